The Hall–Kier alpha value is -1.56. The Kier molecular flexibility index (Phi) is 2.36. The third-order valence-electron chi connectivity index (χ3n) is 3.09. The van der Waals surface area contributed by atoms with Crippen molar-refractivity contribution >= 4 is 5.78 Å². The van der Waals surface area contributed by atoms with Crippen LogP contribution in [0.4, 0.5) is 0 Å². The van der Waals surface area contributed by atoms with E-state index in [9.17, 15) is 4.79 Å². The first-order valence-electron chi connectivity index (χ1n) is 5.19. The van der Waals surface area contributed by atoms with Crippen LogP contribution in [0.2, 0.25) is 0 Å². The highest BCUT2D eigenvalue weighted by atomic mass is 16.1. The molecule has 1 aromatic rings. The number of carbonyl (C=O) groups is 1. The average Bonchev–Trinajstić information content (AvgIpc) is 2.77. The van der Waals surface area contributed by atoms with Crippen LogP contribution in [-0.2, 0) is 6.54 Å². The third-order valence-corrected chi connectivity index (χ3v) is 3.09. The monoisotopic (exact) mass is 202 g/mol. The molecule has 0 atom stereocenters. The molecule has 0 unspecified atom stereocenters. The van der Waals surface area contributed by atoms with E-state index in [4.69, 9.17) is 5.26 Å². The van der Waals surface area contributed by atoms with E-state index in [0.717, 1.165) is 24.9 Å². The molecule has 1 aliphatic carbocycles. The maximum atomic E-state index is 11.1. The van der Waals surface area contributed by atoms with Gasteiger partial charge in [-0.05, 0) is 25.8 Å². The van der Waals surface area contributed by atoms with Crippen LogP contribution in [0, 0.1) is 16.7 Å². The van der Waals surface area contributed by atoms with Crippen molar-refractivity contribution < 1.29 is 4.79 Å². The van der Waals surface area contributed by atoms with E-state index in [1.54, 1.807) is 6.92 Å². The van der Waals surface area contributed by atoms with Crippen LogP contribution in [0.15, 0.2) is 18.5 Å². The molecule has 15 heavy (non-hydrogen) atoms. The van der Waals surface area contributed by atoms with Crippen molar-refractivity contribution in [3.63, 3.8) is 0 Å². The van der Waals surface area contributed by atoms with Crippen LogP contribution in [0.25, 0.3) is 0 Å². The van der Waals surface area contributed by atoms with E-state index in [1.165, 1.54) is 0 Å². The summed E-state index contributed by atoms with van der Waals surface area (Å²) in [5.74, 6) is 0.0962. The molecule has 0 bridgehead atoms. The zero-order valence-electron chi connectivity index (χ0n) is 8.86. The molecule has 0 N–H and O–H groups in total. The molecule has 0 spiro atoms. The van der Waals surface area contributed by atoms with E-state index < -0.39 is 0 Å². The average molecular weight is 202 g/mol. The standard InChI is InChI=1S/C12H14N2O/c1-10(15)11-2-7-14(8-11)9-12(3-4-12)5-6-13/h2,7-8H,3-5,9H2,1H3. The van der Waals surface area contributed by atoms with Gasteiger partial charge in [-0.3, -0.25) is 4.79 Å². The van der Waals surface area contributed by atoms with Crippen LogP contribution >= 0.6 is 0 Å². The molecule has 0 aromatic carbocycles. The molecule has 3 heteroatoms. The van der Waals surface area contributed by atoms with Crippen LogP contribution in [0.3, 0.4) is 0 Å². The predicted molar refractivity (Wildman–Crippen MR) is 56.3 cm³/mol. The van der Waals surface area contributed by atoms with Crippen molar-refractivity contribution in [2.45, 2.75) is 32.7 Å². The molecule has 0 aliphatic heterocycles. The molecular weight excluding hydrogens is 188 g/mol. The summed E-state index contributed by atoms with van der Waals surface area (Å²) in [5, 5.41) is 8.70. The quantitative estimate of drug-likeness (QED) is 0.704. The molecule has 1 heterocycles. The second-order valence-corrected chi connectivity index (χ2v) is 4.46. The third kappa shape index (κ3) is 2.10. The highest BCUT2D eigenvalue weighted by Crippen LogP contribution is 2.49. The van der Waals surface area contributed by atoms with Crippen molar-refractivity contribution in [2.24, 2.45) is 5.41 Å². The van der Waals surface area contributed by atoms with Crippen molar-refractivity contribution in [1.82, 2.24) is 4.57 Å². The summed E-state index contributed by atoms with van der Waals surface area (Å²) < 4.78 is 2.03. The fourth-order valence-corrected chi connectivity index (χ4v) is 1.87. The largest absolute Gasteiger partial charge is 0.353 e. The molecule has 0 amide bonds. The molecule has 0 saturated heterocycles. The normalized spacial score (nSPS) is 17.1. The molecule has 1 aliphatic rings. The smallest absolute Gasteiger partial charge is 0.161 e. The fraction of sp³-hybridized carbons (Fsp3) is 0.500. The Labute approximate surface area is 89.3 Å². The highest BCUT2D eigenvalue weighted by molar-refractivity contribution is 5.93. The van der Waals surface area contributed by atoms with Gasteiger partial charge in [0, 0.05) is 36.3 Å². The minimum atomic E-state index is 0.0962. The number of nitriles is 1. The van der Waals surface area contributed by atoms with Crippen LogP contribution < -0.4 is 0 Å². The second-order valence-electron chi connectivity index (χ2n) is 4.46. The summed E-state index contributed by atoms with van der Waals surface area (Å²) in [6.45, 7) is 2.44. The maximum Gasteiger partial charge on any atom is 0.161 e. The lowest BCUT2D eigenvalue weighted by Gasteiger charge is -2.11. The SMILES string of the molecule is CC(=O)c1ccn(CC2(CC#N)CC2)c1. The van der Waals surface area contributed by atoms with Gasteiger partial charge in [0.15, 0.2) is 5.78 Å². The van der Waals surface area contributed by atoms with Gasteiger partial charge in [0.1, 0.15) is 0 Å². The van der Waals surface area contributed by atoms with Gasteiger partial charge in [-0.15, -0.1) is 0 Å². The molecule has 2 rings (SSSR count). The van der Waals surface area contributed by atoms with Crippen molar-refractivity contribution in [3.8, 4) is 6.07 Å². The van der Waals surface area contributed by atoms with Gasteiger partial charge >= 0.3 is 0 Å². The molecule has 1 fully saturated rings. The van der Waals surface area contributed by atoms with Gasteiger partial charge in [0.05, 0.1) is 6.07 Å². The Bertz CT molecular complexity index is 421. The molecule has 78 valence electrons. The first kappa shape index (κ1) is 9.97. The van der Waals surface area contributed by atoms with E-state index >= 15 is 0 Å². The molecule has 0 radical (unpaired) electrons. The lowest BCUT2D eigenvalue weighted by atomic mass is 10.0. The predicted octanol–water partition coefficient (Wildman–Crippen LogP) is 2.38. The number of rotatable bonds is 4. The van der Waals surface area contributed by atoms with Crippen molar-refractivity contribution in [2.75, 3.05) is 0 Å². The van der Waals surface area contributed by atoms with Gasteiger partial charge < -0.3 is 4.57 Å². The molecule has 1 saturated carbocycles. The summed E-state index contributed by atoms with van der Waals surface area (Å²) in [6, 6.07) is 4.08. The second kappa shape index (κ2) is 3.54. The summed E-state index contributed by atoms with van der Waals surface area (Å²) in [7, 11) is 0. The molecule has 3 nitrogen and oxygen atoms in total. The minimum absolute atomic E-state index is 0.0962. The summed E-state index contributed by atoms with van der Waals surface area (Å²) >= 11 is 0. The van der Waals surface area contributed by atoms with E-state index in [2.05, 4.69) is 6.07 Å². The molecule has 1 aromatic heterocycles. The van der Waals surface area contributed by atoms with E-state index in [1.807, 2.05) is 23.0 Å². The summed E-state index contributed by atoms with van der Waals surface area (Å²) in [4.78, 5) is 11.1. The Morgan fingerprint density at radius 2 is 2.40 bits per heavy atom. The van der Waals surface area contributed by atoms with Crippen LogP contribution in [0.5, 0.6) is 0 Å². The lowest BCUT2D eigenvalue weighted by Crippen LogP contribution is -2.09. The summed E-state index contributed by atoms with van der Waals surface area (Å²) in [6.07, 6.45) is 6.69. The van der Waals surface area contributed by atoms with E-state index in [-0.39, 0.29) is 11.2 Å². The molecular formula is C12H14N2O. The zero-order chi connectivity index (χ0) is 10.9. The summed E-state index contributed by atoms with van der Waals surface area (Å²) in [5.41, 5.74) is 0.949. The maximum absolute atomic E-state index is 11.1. The van der Waals surface area contributed by atoms with Gasteiger partial charge in [0.25, 0.3) is 0 Å². The van der Waals surface area contributed by atoms with Gasteiger partial charge in [-0.25, -0.2) is 0 Å². The van der Waals surface area contributed by atoms with Crippen molar-refractivity contribution in [3.05, 3.63) is 24.0 Å². The van der Waals surface area contributed by atoms with Crippen molar-refractivity contribution in [1.29, 1.82) is 5.26 Å². The number of nitrogens with zero attached hydrogens (tertiary/aromatic N) is 2. The zero-order valence-corrected chi connectivity index (χ0v) is 8.86. The van der Waals surface area contributed by atoms with E-state index in [0.29, 0.717) is 6.42 Å². The fourth-order valence-electron chi connectivity index (χ4n) is 1.87. The number of Topliss-reactive ketones (excluding diaryl/α,β-unsaturated/α-hetero) is 1. The number of ketones is 1. The van der Waals surface area contributed by atoms with Gasteiger partial charge in [-0.1, -0.05) is 0 Å². The first-order chi connectivity index (χ1) is 7.15. The first-order valence-corrected chi connectivity index (χ1v) is 5.19. The highest BCUT2D eigenvalue weighted by Gasteiger charge is 2.42. The van der Waals surface area contributed by atoms with Crippen LogP contribution in [0.1, 0.15) is 36.5 Å². The van der Waals surface area contributed by atoms with Gasteiger partial charge in [0.2, 0.25) is 0 Å². The van der Waals surface area contributed by atoms with Crippen LogP contribution in [-0.4, -0.2) is 10.4 Å². The topological polar surface area (TPSA) is 45.8 Å². The number of hydrogen-bond acceptors (Lipinski definition) is 2. The minimum Gasteiger partial charge on any atom is -0.353 e. The number of carbonyl (C=O) groups excluding carboxylic acids is 1. The Balaban J connectivity index is 2.06. The Morgan fingerprint density at radius 1 is 1.67 bits per heavy atom. The lowest BCUT2D eigenvalue weighted by molar-refractivity contribution is 0.101. The Morgan fingerprint density at radius 3 is 2.87 bits per heavy atom. The number of hydrogen-bond donors (Lipinski definition) is 0. The number of aromatic nitrogens is 1. The van der Waals surface area contributed by atoms with Gasteiger partial charge in [-0.2, -0.15) is 5.26 Å².